The number of hydrogen-bond acceptors (Lipinski definition) is 10. The van der Waals surface area contributed by atoms with E-state index in [1.165, 1.54) is 43.4 Å². The fraction of sp³-hybridized carbons (Fsp3) is 0.320. The van der Waals surface area contributed by atoms with Gasteiger partial charge in [0.15, 0.2) is 15.5 Å². The minimum Gasteiger partial charge on any atom is -0.569 e. The van der Waals surface area contributed by atoms with Gasteiger partial charge in [0.05, 0.1) is 34.7 Å². The molecule has 0 aliphatic carbocycles. The first-order valence-corrected chi connectivity index (χ1v) is 13.9. The number of nitrogens with zero attached hydrogens (tertiary/aromatic N) is 5. The van der Waals surface area contributed by atoms with Gasteiger partial charge in [-0.05, 0) is 35.9 Å². The van der Waals surface area contributed by atoms with E-state index in [2.05, 4.69) is 20.0 Å². The van der Waals surface area contributed by atoms with Crippen LogP contribution in [0.2, 0.25) is 0 Å². The molecule has 0 saturated carbocycles. The molecule has 0 fully saturated rings. The van der Waals surface area contributed by atoms with Crippen LogP contribution < -0.4 is 0 Å². The first kappa shape index (κ1) is 31.9. The summed E-state index contributed by atoms with van der Waals surface area (Å²) in [5.74, 6) is -1.23. The number of alkyl halides is 3. The Balaban J connectivity index is 1.65. The summed E-state index contributed by atoms with van der Waals surface area (Å²) in [6.45, 7) is 0.413. The molecule has 2 aromatic carbocycles. The van der Waals surface area contributed by atoms with Crippen molar-refractivity contribution in [1.82, 2.24) is 14.8 Å². The molecule has 0 spiro atoms. The number of benzene rings is 2. The topological polar surface area (TPSA) is 155 Å². The van der Waals surface area contributed by atoms with E-state index in [1.807, 2.05) is 0 Å². The van der Waals surface area contributed by atoms with Crippen LogP contribution in [0.3, 0.4) is 0 Å². The molecule has 226 valence electrons. The van der Waals surface area contributed by atoms with Crippen LogP contribution in [0.5, 0.6) is 0 Å². The molecule has 1 aromatic heterocycles. The highest BCUT2D eigenvalue weighted by atomic mass is 32.2. The number of esters is 2. The second-order valence-electron chi connectivity index (χ2n) is 8.78. The largest absolute Gasteiger partial charge is 0.569 e. The second kappa shape index (κ2) is 13.3. The average molecular weight is 614 g/mol. The number of sulfone groups is 1. The molecule has 0 atom stereocenters. The molecule has 0 saturated heterocycles. The fourth-order valence-electron chi connectivity index (χ4n) is 3.39. The van der Waals surface area contributed by atoms with E-state index in [9.17, 15) is 36.4 Å². The molecule has 0 N–H and O–H groups in total. The number of carbonyl (C=O) groups is 2. The van der Waals surface area contributed by atoms with E-state index in [4.69, 9.17) is 4.74 Å². The Bertz CT molecular complexity index is 1540. The number of likely N-dealkylation sites (N-methyl/N-ethyl adjacent to an activating group) is 1. The molecule has 0 aliphatic rings. The fourth-order valence-corrected chi connectivity index (χ4v) is 4.02. The van der Waals surface area contributed by atoms with Crippen molar-refractivity contribution in [2.45, 2.75) is 24.4 Å². The highest BCUT2D eigenvalue weighted by Gasteiger charge is 2.35. The number of hydrogen-bond donors (Lipinski definition) is 0. The lowest BCUT2D eigenvalue weighted by molar-refractivity contribution is -0.706. The summed E-state index contributed by atoms with van der Waals surface area (Å²) in [6.07, 6.45) is -3.86. The van der Waals surface area contributed by atoms with E-state index < -0.39 is 40.4 Å². The van der Waals surface area contributed by atoms with E-state index in [-0.39, 0.29) is 40.8 Å². The summed E-state index contributed by atoms with van der Waals surface area (Å²) in [5, 5.41) is 19.6. The van der Waals surface area contributed by atoms with Crippen molar-refractivity contribution in [3.63, 3.8) is 0 Å². The molecule has 0 amide bonds. The Morgan fingerprint density at radius 2 is 1.74 bits per heavy atom. The van der Waals surface area contributed by atoms with Gasteiger partial charge >= 0.3 is 18.1 Å². The maximum absolute atomic E-state index is 13.5. The molecule has 0 bridgehead atoms. The monoisotopic (exact) mass is 613 g/mol. The second-order valence-corrected chi connectivity index (χ2v) is 10.8. The van der Waals surface area contributed by atoms with Crippen LogP contribution in [0.15, 0.2) is 64.8 Å². The van der Waals surface area contributed by atoms with Gasteiger partial charge < -0.3 is 19.5 Å². The molecule has 1 heterocycles. The minimum atomic E-state index is -4.72. The van der Waals surface area contributed by atoms with Crippen LogP contribution in [-0.2, 0) is 46.3 Å². The first-order valence-electron chi connectivity index (χ1n) is 12.0. The molecule has 3 aromatic rings. The highest BCUT2D eigenvalue weighted by molar-refractivity contribution is 7.90. The Hall–Kier alpha value is -4.67. The standard InChI is InChI=1S/C25H26F3N5O8S/c1-17(34)40-16-41-30-33(36)31(2)12-13-39-24(35)14-18-4-6-19(7-5-18)22-15-23(25(26,27)28)29-32(22)20-8-10-21(11-9-20)42(3,37)38/h4-11,15H,12-14,16H2,1-3H3/b33-30-. The molecular formula is C25H26F3N5O8S. The van der Waals surface area contributed by atoms with Crippen LogP contribution in [0.4, 0.5) is 13.2 Å². The van der Waals surface area contributed by atoms with E-state index in [1.54, 1.807) is 12.1 Å². The zero-order valence-electron chi connectivity index (χ0n) is 22.6. The zero-order valence-corrected chi connectivity index (χ0v) is 23.4. The van der Waals surface area contributed by atoms with Crippen molar-refractivity contribution in [1.29, 1.82) is 0 Å². The maximum atomic E-state index is 13.5. The lowest BCUT2D eigenvalue weighted by Crippen LogP contribution is -2.30. The highest BCUT2D eigenvalue weighted by Crippen LogP contribution is 2.33. The van der Waals surface area contributed by atoms with E-state index in [0.717, 1.165) is 28.9 Å². The summed E-state index contributed by atoms with van der Waals surface area (Å²) >= 11 is 0. The predicted octanol–water partition coefficient (Wildman–Crippen LogP) is 3.31. The van der Waals surface area contributed by atoms with Gasteiger partial charge in [-0.2, -0.15) is 18.3 Å². The number of halogens is 3. The van der Waals surface area contributed by atoms with Crippen LogP contribution in [0, 0.1) is 5.21 Å². The van der Waals surface area contributed by atoms with Crippen molar-refractivity contribution in [2.24, 2.45) is 5.28 Å². The van der Waals surface area contributed by atoms with Gasteiger partial charge in [0.1, 0.15) is 13.2 Å². The third-order valence-electron chi connectivity index (χ3n) is 5.52. The van der Waals surface area contributed by atoms with Gasteiger partial charge in [-0.25, -0.2) is 13.1 Å². The van der Waals surface area contributed by atoms with E-state index in [0.29, 0.717) is 11.1 Å². The Morgan fingerprint density at radius 1 is 1.10 bits per heavy atom. The summed E-state index contributed by atoms with van der Waals surface area (Å²) in [4.78, 5) is 27.4. The van der Waals surface area contributed by atoms with Crippen molar-refractivity contribution in [3.8, 4) is 16.9 Å². The van der Waals surface area contributed by atoms with Gasteiger partial charge in [-0.3, -0.25) is 9.59 Å². The Morgan fingerprint density at radius 3 is 2.31 bits per heavy atom. The number of rotatable bonds is 12. The molecule has 42 heavy (non-hydrogen) atoms. The van der Waals surface area contributed by atoms with Crippen molar-refractivity contribution in [2.75, 3.05) is 33.2 Å². The summed E-state index contributed by atoms with van der Waals surface area (Å²) in [5.41, 5.74) is 0.0415. The maximum Gasteiger partial charge on any atom is 0.435 e. The first-order chi connectivity index (χ1) is 19.6. The lowest BCUT2D eigenvalue weighted by atomic mass is 10.1. The number of carbonyl (C=O) groups excluding carboxylic acids is 2. The zero-order chi connectivity index (χ0) is 31.1. The molecule has 0 aliphatic heterocycles. The average Bonchev–Trinajstić information content (AvgIpc) is 3.37. The predicted molar refractivity (Wildman–Crippen MR) is 138 cm³/mol. The van der Waals surface area contributed by atoms with Crippen LogP contribution in [0.1, 0.15) is 18.2 Å². The summed E-state index contributed by atoms with van der Waals surface area (Å²) < 4.78 is 74.5. The van der Waals surface area contributed by atoms with Crippen LogP contribution >= 0.6 is 0 Å². The quantitative estimate of drug-likeness (QED) is 0.0742. The summed E-state index contributed by atoms with van der Waals surface area (Å²) in [7, 11) is -2.15. The Kier molecular flexibility index (Phi) is 10.1. The third-order valence-corrected chi connectivity index (χ3v) is 6.65. The van der Waals surface area contributed by atoms with Gasteiger partial charge in [0.25, 0.3) is 6.79 Å². The molecular weight excluding hydrogens is 587 g/mol. The molecule has 3 rings (SSSR count). The molecule has 13 nitrogen and oxygen atoms in total. The molecule has 0 unspecified atom stereocenters. The van der Waals surface area contributed by atoms with E-state index >= 15 is 0 Å². The van der Waals surface area contributed by atoms with Gasteiger partial charge in [0.2, 0.25) is 5.28 Å². The van der Waals surface area contributed by atoms with Gasteiger partial charge in [0, 0.05) is 18.7 Å². The molecule has 0 radical (unpaired) electrons. The van der Waals surface area contributed by atoms with Gasteiger partial charge in [-0.1, -0.05) is 24.3 Å². The van der Waals surface area contributed by atoms with Crippen LogP contribution in [-0.4, -0.2) is 73.4 Å². The van der Waals surface area contributed by atoms with Crippen molar-refractivity contribution >= 4 is 21.8 Å². The number of ether oxygens (including phenoxy) is 2. The van der Waals surface area contributed by atoms with Crippen molar-refractivity contribution in [3.05, 3.63) is 71.1 Å². The smallest absolute Gasteiger partial charge is 0.435 e. The minimum absolute atomic E-state index is 0.00417. The lowest BCUT2D eigenvalue weighted by Gasteiger charge is -2.13. The normalized spacial score (nSPS) is 12.1. The number of aromatic nitrogens is 2. The van der Waals surface area contributed by atoms with Gasteiger partial charge in [-0.15, -0.1) is 5.01 Å². The Labute approximate surface area is 238 Å². The number of hydrazine groups is 1. The third kappa shape index (κ3) is 8.92. The van der Waals surface area contributed by atoms with Crippen LogP contribution in [0.25, 0.3) is 16.9 Å². The SMILES string of the molecule is CC(=O)OCO/N=[N+](\[O-])N(C)CCOC(=O)Cc1ccc(-c2cc(C(F)(F)F)nn2-c2ccc(S(C)(=O)=O)cc2)cc1. The molecule has 17 heteroatoms. The summed E-state index contributed by atoms with van der Waals surface area (Å²) in [6, 6.07) is 12.2. The van der Waals surface area contributed by atoms with Crippen molar-refractivity contribution < 1.29 is 50.5 Å².